The molecule has 3 heterocycles. The standard InChI is InChI=1S/C64H42N3.Ir/c1-44-39-64(67-43-61(44)45-15-3-2-4-16-45)51-35-29-48(30-36-51)57-19-7-10-22-60(57)54-41-52(58-20-8-5-17-55(58)46-25-31-49(32-26-46)62-23-11-13-37-65-62)40-53(42-54)59-21-9-6-18-56(59)47-27-33-50(34-28-47)63-24-12-14-38-66-63;/h2-29,31,33,35-43H,1H3;/q-3;+3/i1D3;. The van der Waals surface area contributed by atoms with Gasteiger partial charge in [0.05, 0.1) is 0 Å². The molecule has 11 rings (SSSR count). The summed E-state index contributed by atoms with van der Waals surface area (Å²) < 4.78 is 25.2. The van der Waals surface area contributed by atoms with Gasteiger partial charge >= 0.3 is 20.1 Å². The van der Waals surface area contributed by atoms with Crippen molar-refractivity contribution in [3.63, 3.8) is 0 Å². The fraction of sp³-hybridized carbons (Fsp3) is 0.0156. The van der Waals surface area contributed by atoms with Crippen LogP contribution in [0.5, 0.6) is 0 Å². The second kappa shape index (κ2) is 19.8. The molecule has 0 aliphatic rings. The summed E-state index contributed by atoms with van der Waals surface area (Å²) >= 11 is 0. The van der Waals surface area contributed by atoms with Crippen LogP contribution in [0.25, 0.3) is 112 Å². The summed E-state index contributed by atoms with van der Waals surface area (Å²) in [6.45, 7) is -2.33. The summed E-state index contributed by atoms with van der Waals surface area (Å²) in [6.07, 6.45) is 5.28. The molecule has 3 nitrogen and oxygen atoms in total. The van der Waals surface area contributed by atoms with E-state index in [9.17, 15) is 0 Å². The van der Waals surface area contributed by atoms with Gasteiger partial charge in [0.1, 0.15) is 0 Å². The summed E-state index contributed by atoms with van der Waals surface area (Å²) in [6, 6.07) is 84.5. The molecule has 322 valence electrons. The van der Waals surface area contributed by atoms with E-state index in [0.717, 1.165) is 100 Å². The zero-order chi connectivity index (χ0) is 47.4. The van der Waals surface area contributed by atoms with Gasteiger partial charge in [0.15, 0.2) is 0 Å². The number of pyridine rings is 3. The van der Waals surface area contributed by atoms with Crippen molar-refractivity contribution in [3.05, 3.63) is 261 Å². The third kappa shape index (κ3) is 9.04. The summed E-state index contributed by atoms with van der Waals surface area (Å²) in [5.74, 6) is 0. The molecule has 0 saturated carbocycles. The monoisotopic (exact) mass is 1050 g/mol. The number of benzene rings is 8. The second-order valence-corrected chi connectivity index (χ2v) is 16.3. The molecule has 0 atom stereocenters. The van der Waals surface area contributed by atoms with E-state index in [1.807, 2.05) is 84.9 Å². The Hall–Kier alpha value is -8.14. The topological polar surface area (TPSA) is 38.7 Å². The second-order valence-electron chi connectivity index (χ2n) is 16.3. The van der Waals surface area contributed by atoms with Crippen molar-refractivity contribution in [1.82, 2.24) is 15.0 Å². The minimum Gasteiger partial charge on any atom is -0.305 e. The van der Waals surface area contributed by atoms with Gasteiger partial charge in [-0.05, 0) is 93.6 Å². The van der Waals surface area contributed by atoms with Crippen molar-refractivity contribution >= 4 is 0 Å². The predicted molar refractivity (Wildman–Crippen MR) is 275 cm³/mol. The van der Waals surface area contributed by atoms with Gasteiger partial charge in [0.25, 0.3) is 0 Å². The molecule has 0 spiro atoms. The molecule has 11 aromatic rings. The Morgan fingerprint density at radius 1 is 0.324 bits per heavy atom. The number of hydrogen-bond donors (Lipinski definition) is 0. The predicted octanol–water partition coefficient (Wildman–Crippen LogP) is 16.2. The number of aryl methyl sites for hydroxylation is 1. The quantitative estimate of drug-likeness (QED) is 0.128. The molecule has 0 radical (unpaired) electrons. The number of aromatic nitrogens is 3. The first-order valence-electron chi connectivity index (χ1n) is 23.7. The van der Waals surface area contributed by atoms with Crippen molar-refractivity contribution in [1.29, 1.82) is 0 Å². The summed E-state index contributed by atoms with van der Waals surface area (Å²) in [7, 11) is 0. The molecule has 0 aliphatic heterocycles. The Labute approximate surface area is 416 Å². The third-order valence-corrected chi connectivity index (χ3v) is 12.2. The molecule has 0 N–H and O–H groups in total. The third-order valence-electron chi connectivity index (χ3n) is 12.2. The van der Waals surface area contributed by atoms with Gasteiger partial charge in [0.2, 0.25) is 0 Å². The fourth-order valence-electron chi connectivity index (χ4n) is 8.80. The van der Waals surface area contributed by atoms with E-state index >= 15 is 0 Å². The van der Waals surface area contributed by atoms with Gasteiger partial charge in [-0.1, -0.05) is 166 Å². The Kier molecular flexibility index (Phi) is 11.7. The zero-order valence-corrected chi connectivity index (χ0v) is 39.1. The van der Waals surface area contributed by atoms with Crippen LogP contribution in [-0.2, 0) is 20.1 Å². The molecule has 0 unspecified atom stereocenters. The van der Waals surface area contributed by atoms with Gasteiger partial charge in [0, 0.05) is 34.0 Å². The molecule has 68 heavy (non-hydrogen) atoms. The van der Waals surface area contributed by atoms with Crippen molar-refractivity contribution in [2.75, 3.05) is 0 Å². The number of nitrogens with zero attached hydrogens (tertiary/aromatic N) is 3. The molecule has 8 aromatic carbocycles. The molecule has 3 aromatic heterocycles. The molecule has 0 fully saturated rings. The van der Waals surface area contributed by atoms with Gasteiger partial charge in [-0.2, -0.15) is 0 Å². The molecular weight excluding hydrogens is 1000 g/mol. The van der Waals surface area contributed by atoms with Crippen molar-refractivity contribution < 1.29 is 24.2 Å². The molecule has 0 saturated heterocycles. The normalized spacial score (nSPS) is 11.7. The van der Waals surface area contributed by atoms with Crippen LogP contribution < -0.4 is 0 Å². The molecule has 4 heteroatoms. The Morgan fingerprint density at radius 3 is 1.21 bits per heavy atom. The van der Waals surface area contributed by atoms with Crippen LogP contribution in [0.4, 0.5) is 0 Å². The van der Waals surface area contributed by atoms with Gasteiger partial charge in [-0.3, -0.25) is 4.98 Å². The summed E-state index contributed by atoms with van der Waals surface area (Å²) in [4.78, 5) is 13.9. The summed E-state index contributed by atoms with van der Waals surface area (Å²) in [5.41, 5.74) is 19.2. The van der Waals surface area contributed by atoms with Crippen LogP contribution in [-0.4, -0.2) is 15.0 Å². The van der Waals surface area contributed by atoms with E-state index in [0.29, 0.717) is 11.3 Å². The SMILES string of the molecule is [2H]C([2H])([2H])c1cc(-c2c[c-]c(-c3ccccc3-c3cc(-c4ccccc4-c4c[c-]c(-c5ccccn5)cc4)cc(-c4ccccc4-c4c[c-]c(-c5ccccn5)cc4)c3)cc2)ncc1-c1ccccc1.[Ir+3]. The van der Waals surface area contributed by atoms with E-state index in [4.69, 9.17) is 9.10 Å². The molecule has 0 amide bonds. The van der Waals surface area contributed by atoms with E-state index in [-0.39, 0.29) is 25.7 Å². The number of hydrogen-bond acceptors (Lipinski definition) is 3. The van der Waals surface area contributed by atoms with E-state index in [2.05, 4.69) is 156 Å². The van der Waals surface area contributed by atoms with E-state index in [1.165, 1.54) is 0 Å². The van der Waals surface area contributed by atoms with Crippen molar-refractivity contribution in [2.45, 2.75) is 6.85 Å². The first kappa shape index (κ1) is 40.2. The fourth-order valence-corrected chi connectivity index (χ4v) is 8.80. The zero-order valence-electron chi connectivity index (χ0n) is 39.7. The van der Waals surface area contributed by atoms with Crippen LogP contribution in [0.15, 0.2) is 237 Å². The maximum atomic E-state index is 8.39. The Bertz CT molecular complexity index is 3460. The van der Waals surface area contributed by atoms with Gasteiger partial charge < -0.3 is 9.97 Å². The smallest absolute Gasteiger partial charge is 0.305 e. The van der Waals surface area contributed by atoms with Crippen LogP contribution in [0.1, 0.15) is 9.68 Å². The van der Waals surface area contributed by atoms with Crippen molar-refractivity contribution in [2.24, 2.45) is 0 Å². The minimum atomic E-state index is -2.33. The number of rotatable bonds is 10. The summed E-state index contributed by atoms with van der Waals surface area (Å²) in [5, 5.41) is 0. The van der Waals surface area contributed by atoms with Crippen LogP contribution >= 0.6 is 0 Å². The molecular formula is C64H42IrN3. The van der Waals surface area contributed by atoms with Gasteiger partial charge in [-0.15, -0.1) is 89.5 Å². The largest absolute Gasteiger partial charge is 3.00 e. The van der Waals surface area contributed by atoms with E-state index < -0.39 is 6.85 Å². The molecule has 0 aliphatic carbocycles. The van der Waals surface area contributed by atoms with Gasteiger partial charge in [-0.25, -0.2) is 0 Å². The van der Waals surface area contributed by atoms with Crippen LogP contribution in [0, 0.1) is 25.1 Å². The molecule has 0 bridgehead atoms. The first-order valence-corrected chi connectivity index (χ1v) is 22.2. The van der Waals surface area contributed by atoms with E-state index in [1.54, 1.807) is 24.7 Å². The average molecular weight is 1050 g/mol. The maximum Gasteiger partial charge on any atom is 3.00 e. The van der Waals surface area contributed by atoms with Crippen molar-refractivity contribution in [3.8, 4) is 112 Å². The maximum absolute atomic E-state index is 8.39. The minimum absolute atomic E-state index is 0. The Balaban J connectivity index is 0.00000582. The Morgan fingerprint density at radius 2 is 0.750 bits per heavy atom. The van der Waals surface area contributed by atoms with Crippen LogP contribution in [0.3, 0.4) is 0 Å². The first-order chi connectivity index (χ1) is 34.3. The average Bonchev–Trinajstić information content (AvgIpc) is 3.43. The van der Waals surface area contributed by atoms with Crippen LogP contribution in [0.2, 0.25) is 0 Å².